The minimum Gasteiger partial charge on any atom is -0.756 e. The largest absolute Gasteiger partial charge is 0.756 e. The highest BCUT2D eigenvalue weighted by molar-refractivity contribution is 7.45. The van der Waals surface area contributed by atoms with Gasteiger partial charge in [-0.25, -0.2) is 4.79 Å². The van der Waals surface area contributed by atoms with E-state index < -0.39 is 38.4 Å². The van der Waals surface area contributed by atoms with Crippen LogP contribution < -0.4 is 4.89 Å². The number of rotatable bonds is 34. The van der Waals surface area contributed by atoms with Crippen molar-refractivity contribution < 1.29 is 56.7 Å². The standard InChI is InChI=1S/C36H66NO11P/c1-5-6-7-8-9-10-11-12-13-14-15-18-21-24-35(41)45-30-33(31-47-49(43,44)46-29-28-37(2,3)4)48-36(42)25-22-19-16-17-20-23-32(38)26-27-34(39)40/h26-27,33H,5-25,28-31H2,1-4H3,(H-,39,40,43,44)/t33-/m1/s1. The summed E-state index contributed by atoms with van der Waals surface area (Å²) in [7, 11) is 1.01. The lowest BCUT2D eigenvalue weighted by Crippen LogP contribution is -2.37. The molecule has 1 N–H and O–H groups in total. The molecule has 0 aromatic heterocycles. The maximum Gasteiger partial charge on any atom is 0.328 e. The molecule has 49 heavy (non-hydrogen) atoms. The molecule has 0 fully saturated rings. The number of phosphoric acid groups is 1. The molecule has 0 rings (SSSR count). The Morgan fingerprint density at radius 1 is 0.673 bits per heavy atom. The third-order valence-corrected chi connectivity index (χ3v) is 8.82. The number of likely N-dealkylation sites (N-methyl/N-ethyl adjacent to an activating group) is 1. The summed E-state index contributed by atoms with van der Waals surface area (Å²) in [6, 6.07) is 0. The number of aliphatic carboxylic acids is 1. The quantitative estimate of drug-likeness (QED) is 0.0238. The molecular formula is C36H66NO11P. The molecule has 0 aliphatic rings. The van der Waals surface area contributed by atoms with Gasteiger partial charge in [0, 0.05) is 25.3 Å². The van der Waals surface area contributed by atoms with Crippen LogP contribution in [-0.2, 0) is 42.3 Å². The fraction of sp³-hybridized carbons (Fsp3) is 0.833. The van der Waals surface area contributed by atoms with Gasteiger partial charge >= 0.3 is 17.9 Å². The van der Waals surface area contributed by atoms with Gasteiger partial charge in [-0.3, -0.25) is 18.9 Å². The molecule has 0 radical (unpaired) electrons. The summed E-state index contributed by atoms with van der Waals surface area (Å²) in [6.07, 6.45) is 20.2. The van der Waals surface area contributed by atoms with Crippen LogP contribution >= 0.6 is 7.82 Å². The number of carbonyl (C=O) groups excluding carboxylic acids is 3. The van der Waals surface area contributed by atoms with Gasteiger partial charge in [-0.05, 0) is 25.3 Å². The Labute approximate surface area is 295 Å². The monoisotopic (exact) mass is 719 g/mol. The molecule has 0 saturated carbocycles. The second-order valence-electron chi connectivity index (χ2n) is 13.8. The lowest BCUT2D eigenvalue weighted by molar-refractivity contribution is -0.870. The topological polar surface area (TPSA) is 166 Å². The second kappa shape index (κ2) is 29.6. The summed E-state index contributed by atoms with van der Waals surface area (Å²) in [4.78, 5) is 59.2. The number of carboxylic acids is 1. The van der Waals surface area contributed by atoms with Gasteiger partial charge in [-0.1, -0.05) is 103 Å². The number of carbonyl (C=O) groups is 4. The molecule has 0 spiro atoms. The lowest BCUT2D eigenvalue weighted by Gasteiger charge is -2.28. The van der Waals surface area contributed by atoms with Gasteiger partial charge in [0.1, 0.15) is 19.8 Å². The molecule has 0 amide bonds. The number of allylic oxidation sites excluding steroid dienone is 1. The SMILES string of the molecule is CCCCCCCCCCCCCCCC(=O)OC[C@H](COP(=O)([O-])OCC[N+](C)(C)C)OC(=O)CCCCCCCC(=O)C=CC(=O)O. The number of ether oxygens (including phenoxy) is 2. The maximum absolute atomic E-state index is 12.5. The van der Waals surface area contributed by atoms with Crippen molar-refractivity contribution in [2.75, 3.05) is 47.5 Å². The molecule has 286 valence electrons. The Bertz CT molecular complexity index is 981. The van der Waals surface area contributed by atoms with E-state index in [9.17, 15) is 28.6 Å². The van der Waals surface area contributed by atoms with Gasteiger partial charge in [0.2, 0.25) is 0 Å². The van der Waals surface area contributed by atoms with E-state index in [2.05, 4.69) is 6.92 Å². The van der Waals surface area contributed by atoms with E-state index in [0.29, 0.717) is 36.7 Å². The van der Waals surface area contributed by atoms with Crippen molar-refractivity contribution in [2.45, 2.75) is 148 Å². The number of hydrogen-bond acceptors (Lipinski definition) is 10. The van der Waals surface area contributed by atoms with Crippen LogP contribution in [0.4, 0.5) is 0 Å². The van der Waals surface area contributed by atoms with Gasteiger partial charge in [0.15, 0.2) is 11.9 Å². The highest BCUT2D eigenvalue weighted by Gasteiger charge is 2.21. The first-order valence-electron chi connectivity index (χ1n) is 18.4. The van der Waals surface area contributed by atoms with E-state index in [1.165, 1.54) is 57.8 Å². The molecule has 13 heteroatoms. The number of hydrogen-bond donors (Lipinski definition) is 1. The van der Waals surface area contributed by atoms with Gasteiger partial charge in [-0.15, -0.1) is 0 Å². The van der Waals surface area contributed by atoms with E-state index in [-0.39, 0.29) is 38.3 Å². The fourth-order valence-electron chi connectivity index (χ4n) is 4.89. The molecule has 0 aliphatic heterocycles. The minimum atomic E-state index is -4.67. The number of ketones is 1. The van der Waals surface area contributed by atoms with Crippen LogP contribution in [0, 0.1) is 0 Å². The van der Waals surface area contributed by atoms with E-state index in [1.54, 1.807) is 0 Å². The summed E-state index contributed by atoms with van der Waals surface area (Å²) in [6.45, 7) is 1.73. The Hall–Kier alpha value is -2.11. The van der Waals surface area contributed by atoms with Crippen LogP contribution in [-0.4, -0.2) is 86.9 Å². The zero-order valence-electron chi connectivity index (χ0n) is 30.8. The van der Waals surface area contributed by atoms with Gasteiger partial charge < -0.3 is 33.0 Å². The van der Waals surface area contributed by atoms with Crippen LogP contribution in [0.5, 0.6) is 0 Å². The number of nitrogens with zero attached hydrogens (tertiary/aromatic N) is 1. The third-order valence-electron chi connectivity index (χ3n) is 7.86. The molecule has 1 unspecified atom stereocenters. The average Bonchev–Trinajstić information content (AvgIpc) is 3.02. The van der Waals surface area contributed by atoms with Crippen LogP contribution in [0.15, 0.2) is 12.2 Å². The molecular weight excluding hydrogens is 653 g/mol. The average molecular weight is 720 g/mol. The Balaban J connectivity index is 4.49. The molecule has 2 atom stereocenters. The number of esters is 2. The van der Waals surface area contributed by atoms with Crippen molar-refractivity contribution in [3.8, 4) is 0 Å². The lowest BCUT2D eigenvalue weighted by atomic mass is 10.0. The highest BCUT2D eigenvalue weighted by Crippen LogP contribution is 2.38. The van der Waals surface area contributed by atoms with Gasteiger partial charge in [0.25, 0.3) is 7.82 Å². The van der Waals surface area contributed by atoms with Crippen molar-refractivity contribution in [3.05, 3.63) is 12.2 Å². The maximum atomic E-state index is 12.5. The molecule has 0 aromatic rings. The third kappa shape index (κ3) is 34.1. The van der Waals surface area contributed by atoms with Crippen molar-refractivity contribution in [1.29, 1.82) is 0 Å². The van der Waals surface area contributed by atoms with E-state index in [0.717, 1.165) is 44.3 Å². The predicted molar refractivity (Wildman–Crippen MR) is 188 cm³/mol. The van der Waals surface area contributed by atoms with Gasteiger partial charge in [-0.2, -0.15) is 0 Å². The molecule has 0 aliphatic carbocycles. The van der Waals surface area contributed by atoms with Gasteiger partial charge in [0.05, 0.1) is 27.7 Å². The molecule has 0 bridgehead atoms. The summed E-state index contributed by atoms with van der Waals surface area (Å²) < 4.78 is 33.4. The van der Waals surface area contributed by atoms with Crippen molar-refractivity contribution in [2.24, 2.45) is 0 Å². The first-order valence-corrected chi connectivity index (χ1v) is 19.9. The highest BCUT2D eigenvalue weighted by atomic mass is 31.2. The summed E-state index contributed by atoms with van der Waals surface area (Å²) in [5, 5.41) is 8.56. The first-order chi connectivity index (χ1) is 23.2. The molecule has 0 saturated heterocycles. The van der Waals surface area contributed by atoms with E-state index in [4.69, 9.17) is 23.6 Å². The smallest absolute Gasteiger partial charge is 0.328 e. The molecule has 0 aromatic carbocycles. The molecule has 12 nitrogen and oxygen atoms in total. The van der Waals surface area contributed by atoms with Crippen LogP contribution in [0.2, 0.25) is 0 Å². The number of carboxylic acid groups (broad SMARTS) is 1. The fourth-order valence-corrected chi connectivity index (χ4v) is 5.62. The Morgan fingerprint density at radius 3 is 1.63 bits per heavy atom. The summed E-state index contributed by atoms with van der Waals surface area (Å²) in [5.41, 5.74) is 0. The number of unbranched alkanes of at least 4 members (excludes halogenated alkanes) is 16. The Morgan fingerprint density at radius 2 is 1.14 bits per heavy atom. The number of phosphoric ester groups is 1. The van der Waals surface area contributed by atoms with Crippen molar-refractivity contribution in [3.63, 3.8) is 0 Å². The number of quaternary nitrogens is 1. The zero-order chi connectivity index (χ0) is 36.8. The zero-order valence-corrected chi connectivity index (χ0v) is 31.7. The van der Waals surface area contributed by atoms with E-state index >= 15 is 0 Å². The van der Waals surface area contributed by atoms with Crippen LogP contribution in [0.3, 0.4) is 0 Å². The second-order valence-corrected chi connectivity index (χ2v) is 15.2. The Kier molecular flexibility index (Phi) is 28.3. The van der Waals surface area contributed by atoms with Crippen molar-refractivity contribution in [1.82, 2.24) is 0 Å². The van der Waals surface area contributed by atoms with Crippen LogP contribution in [0.1, 0.15) is 142 Å². The molecule has 0 heterocycles. The van der Waals surface area contributed by atoms with E-state index in [1.807, 2.05) is 21.1 Å². The predicted octanol–water partition coefficient (Wildman–Crippen LogP) is 7.07. The normalized spacial score (nSPS) is 13.7. The summed E-state index contributed by atoms with van der Waals surface area (Å²) in [5.74, 6) is -2.42. The summed E-state index contributed by atoms with van der Waals surface area (Å²) >= 11 is 0. The minimum absolute atomic E-state index is 0.0734. The first kappa shape index (κ1) is 46.9. The van der Waals surface area contributed by atoms with Crippen molar-refractivity contribution >= 4 is 31.5 Å². The van der Waals surface area contributed by atoms with Crippen LogP contribution in [0.25, 0.3) is 0 Å².